The molecule has 6 heteroatoms. The average molecular weight is 463 g/mol. The molecule has 33 heavy (non-hydrogen) atoms. The fourth-order valence-corrected chi connectivity index (χ4v) is 5.10. The largest absolute Gasteiger partial charge is 0.385 e. The van der Waals surface area contributed by atoms with E-state index in [9.17, 15) is 4.79 Å². The van der Waals surface area contributed by atoms with E-state index in [0.29, 0.717) is 12.3 Å². The molecule has 0 saturated carbocycles. The molecule has 4 rings (SSSR count). The fourth-order valence-electron chi connectivity index (χ4n) is 4.93. The molecule has 1 saturated heterocycles. The maximum atomic E-state index is 13.0. The lowest BCUT2D eigenvalue weighted by atomic mass is 9.93. The highest BCUT2D eigenvalue weighted by Crippen LogP contribution is 2.33. The lowest BCUT2D eigenvalue weighted by molar-refractivity contribution is -0.132. The van der Waals surface area contributed by atoms with Crippen LogP contribution in [0.5, 0.6) is 0 Å². The predicted molar refractivity (Wildman–Crippen MR) is 137 cm³/mol. The Hall–Kier alpha value is -2.24. The number of halogens is 1. The van der Waals surface area contributed by atoms with Crippen LogP contribution in [0.4, 0.5) is 0 Å². The van der Waals surface area contributed by atoms with Gasteiger partial charge in [0.05, 0.1) is 0 Å². The number of amides is 1. The van der Waals surface area contributed by atoms with E-state index < -0.39 is 0 Å². The molecule has 4 nitrogen and oxygen atoms in total. The third kappa shape index (κ3) is 6.01. The molecule has 2 heterocycles. The minimum atomic E-state index is 0.264. The Morgan fingerprint density at radius 2 is 1.97 bits per heavy atom. The summed E-state index contributed by atoms with van der Waals surface area (Å²) in [4.78, 5) is 15.1. The number of carbonyl (C=O) groups is 1. The van der Waals surface area contributed by atoms with Gasteiger partial charge in [0.2, 0.25) is 5.91 Å². The number of methoxy groups -OCH3 is 1. The van der Waals surface area contributed by atoms with Crippen LogP contribution in [0.1, 0.15) is 49.3 Å². The van der Waals surface area contributed by atoms with Crippen LogP contribution in [0.2, 0.25) is 5.02 Å². The third-order valence-corrected chi connectivity index (χ3v) is 6.89. The Morgan fingerprint density at radius 3 is 2.76 bits per heavy atom. The first-order valence-electron chi connectivity index (χ1n) is 11.9. The van der Waals surface area contributed by atoms with Gasteiger partial charge in [-0.15, -0.1) is 0 Å². The maximum absolute atomic E-state index is 13.0. The highest BCUT2D eigenvalue weighted by molar-refractivity contribution is 6.32. The number of fused-ring (bicyclic) bond motifs is 1. The van der Waals surface area contributed by atoms with Crippen molar-refractivity contribution in [3.63, 3.8) is 0 Å². The molecule has 0 N–H and O–H groups in total. The molecule has 172 valence electrons. The van der Waals surface area contributed by atoms with E-state index in [0.717, 1.165) is 68.8 Å². The second-order valence-corrected chi connectivity index (χ2v) is 9.48. The van der Waals surface area contributed by atoms with E-state index in [1.54, 1.807) is 7.11 Å². The summed E-state index contributed by atoms with van der Waals surface area (Å²) in [6.45, 7) is 3.25. The topological polar surface area (TPSA) is 34.5 Å². The Bertz CT molecular complexity index is 1080. The number of ether oxygens (including phenoxy) is 1. The number of hydrogen-bond acceptors (Lipinski definition) is 2. The number of rotatable bonds is 9. The van der Waals surface area contributed by atoms with Gasteiger partial charge in [0.1, 0.15) is 7.85 Å². The number of aromatic nitrogens is 1. The van der Waals surface area contributed by atoms with Crippen molar-refractivity contribution in [1.82, 2.24) is 9.47 Å². The normalized spacial score (nSPS) is 16.4. The zero-order valence-electron chi connectivity index (χ0n) is 19.4. The summed E-state index contributed by atoms with van der Waals surface area (Å²) in [6, 6.07) is 16.3. The van der Waals surface area contributed by atoms with E-state index in [-0.39, 0.29) is 5.91 Å². The van der Waals surface area contributed by atoms with E-state index in [2.05, 4.69) is 27.7 Å². The number of nitrogens with zero attached hydrogens (tertiary/aromatic N) is 2. The van der Waals surface area contributed by atoms with Crippen molar-refractivity contribution in [1.29, 1.82) is 0 Å². The lowest BCUT2D eigenvalue weighted by Gasteiger charge is -2.33. The van der Waals surface area contributed by atoms with Gasteiger partial charge >= 0.3 is 0 Å². The summed E-state index contributed by atoms with van der Waals surface area (Å²) >= 11 is 6.32. The maximum Gasteiger partial charge on any atom is 0.222 e. The van der Waals surface area contributed by atoms with Crippen LogP contribution in [0.3, 0.4) is 0 Å². The van der Waals surface area contributed by atoms with Gasteiger partial charge in [0.25, 0.3) is 0 Å². The summed E-state index contributed by atoms with van der Waals surface area (Å²) in [5.74, 6) is 0.605. The van der Waals surface area contributed by atoms with Gasteiger partial charge < -0.3 is 14.2 Å². The average Bonchev–Trinajstić information content (AvgIpc) is 3.18. The van der Waals surface area contributed by atoms with E-state index >= 15 is 0 Å². The zero-order valence-corrected chi connectivity index (χ0v) is 20.2. The van der Waals surface area contributed by atoms with Crippen LogP contribution in [0.25, 0.3) is 10.9 Å². The Labute approximate surface area is 203 Å². The number of piperidine rings is 1. The van der Waals surface area contributed by atoms with Crippen LogP contribution in [0.15, 0.2) is 48.5 Å². The van der Waals surface area contributed by atoms with Crippen LogP contribution in [-0.4, -0.2) is 50.0 Å². The molecule has 2 radical (unpaired) electrons. The molecule has 0 bridgehead atoms. The van der Waals surface area contributed by atoms with Crippen molar-refractivity contribution in [2.24, 2.45) is 0 Å². The quantitative estimate of drug-likeness (QED) is 0.336. The van der Waals surface area contributed by atoms with Crippen LogP contribution in [-0.2, 0) is 22.5 Å². The first-order valence-corrected chi connectivity index (χ1v) is 12.3. The van der Waals surface area contributed by atoms with Crippen LogP contribution >= 0.6 is 11.6 Å². The summed E-state index contributed by atoms with van der Waals surface area (Å²) in [5, 5.41) is 1.96. The monoisotopic (exact) mass is 462 g/mol. The molecular formula is C27H32BClN2O2. The van der Waals surface area contributed by atoms with Crippen molar-refractivity contribution in [2.45, 2.75) is 51.0 Å². The molecule has 0 spiro atoms. The number of aryl methyl sites for hydroxylation is 2. The van der Waals surface area contributed by atoms with Crippen molar-refractivity contribution >= 4 is 41.7 Å². The molecule has 0 aliphatic carbocycles. The van der Waals surface area contributed by atoms with Gasteiger partial charge in [0.15, 0.2) is 0 Å². The minimum Gasteiger partial charge on any atom is -0.385 e. The van der Waals surface area contributed by atoms with Gasteiger partial charge in [0, 0.05) is 61.9 Å². The molecule has 1 amide bonds. The molecule has 1 atom stereocenters. The summed E-state index contributed by atoms with van der Waals surface area (Å²) in [7, 11) is 7.50. The molecule has 1 fully saturated rings. The second-order valence-electron chi connectivity index (χ2n) is 9.04. The van der Waals surface area contributed by atoms with E-state index in [1.807, 2.05) is 30.3 Å². The summed E-state index contributed by atoms with van der Waals surface area (Å²) in [6.07, 6.45) is 5.43. The van der Waals surface area contributed by atoms with Crippen molar-refractivity contribution in [3.05, 3.63) is 64.8 Å². The van der Waals surface area contributed by atoms with Gasteiger partial charge in [-0.25, -0.2) is 0 Å². The first kappa shape index (κ1) is 23.9. The van der Waals surface area contributed by atoms with Crippen LogP contribution < -0.4 is 5.46 Å². The van der Waals surface area contributed by atoms with Gasteiger partial charge in [-0.3, -0.25) is 4.79 Å². The summed E-state index contributed by atoms with van der Waals surface area (Å²) in [5.41, 5.74) is 4.48. The van der Waals surface area contributed by atoms with Gasteiger partial charge in [-0.1, -0.05) is 47.4 Å². The van der Waals surface area contributed by atoms with Crippen molar-refractivity contribution in [2.75, 3.05) is 26.8 Å². The minimum absolute atomic E-state index is 0.264. The standard InChI is InChI=1S/C27H32BClN2O2/c1-33-16-4-15-31-25(17-21-10-13-24(29)18-26(21)31)22-6-3-14-30(19-22)27(32)7-2-5-20-8-11-23(28)12-9-20/h8-13,17-18,22H,2-7,14-16,19H2,1H3. The van der Waals surface area contributed by atoms with E-state index in [1.165, 1.54) is 22.2 Å². The first-order chi connectivity index (χ1) is 16.0. The molecule has 3 aromatic rings. The van der Waals surface area contributed by atoms with Gasteiger partial charge in [-0.2, -0.15) is 0 Å². The number of benzene rings is 2. The molecule has 1 aliphatic heterocycles. The molecule has 1 aromatic heterocycles. The highest BCUT2D eigenvalue weighted by Gasteiger charge is 2.27. The predicted octanol–water partition coefficient (Wildman–Crippen LogP) is 4.85. The number of hydrogen-bond donors (Lipinski definition) is 0. The third-order valence-electron chi connectivity index (χ3n) is 6.66. The van der Waals surface area contributed by atoms with Crippen LogP contribution in [0, 0.1) is 0 Å². The Morgan fingerprint density at radius 1 is 1.15 bits per heavy atom. The summed E-state index contributed by atoms with van der Waals surface area (Å²) < 4.78 is 7.68. The fraction of sp³-hybridized carbons (Fsp3) is 0.444. The SMILES string of the molecule is [B]c1ccc(CCCC(=O)N2CCCC(c3cc4ccc(Cl)cc4n3CCCOC)C2)cc1. The molecular weight excluding hydrogens is 431 g/mol. The zero-order chi connectivity index (χ0) is 23.2. The Balaban J connectivity index is 1.43. The number of carbonyl (C=O) groups excluding carboxylic acids is 1. The van der Waals surface area contributed by atoms with Crippen molar-refractivity contribution in [3.8, 4) is 0 Å². The smallest absolute Gasteiger partial charge is 0.222 e. The molecule has 2 aromatic carbocycles. The highest BCUT2D eigenvalue weighted by atomic mass is 35.5. The second kappa shape index (κ2) is 11.3. The molecule has 1 unspecified atom stereocenters. The Kier molecular flexibility index (Phi) is 8.16. The number of likely N-dealkylation sites (tertiary alicyclic amines) is 1. The molecule has 1 aliphatic rings. The lowest BCUT2D eigenvalue weighted by Crippen LogP contribution is -2.39. The van der Waals surface area contributed by atoms with E-state index in [4.69, 9.17) is 24.2 Å². The van der Waals surface area contributed by atoms with Gasteiger partial charge in [-0.05, 0) is 61.3 Å². The van der Waals surface area contributed by atoms with Crippen molar-refractivity contribution < 1.29 is 9.53 Å².